The minimum atomic E-state index is 0.950. The Balaban J connectivity index is 1.44. The molecule has 7 rings (SSSR count). The van der Waals surface area contributed by atoms with E-state index in [1.165, 1.54) is 118 Å². The summed E-state index contributed by atoms with van der Waals surface area (Å²) in [6.07, 6.45) is 15.2. The number of fused-ring (bicyclic) bond motifs is 6. The van der Waals surface area contributed by atoms with Crippen LogP contribution in [0.15, 0.2) is 81.6 Å². The molecule has 42 heavy (non-hydrogen) atoms. The average Bonchev–Trinajstić information content (AvgIpc) is 3.02. The van der Waals surface area contributed by atoms with Crippen LogP contribution >= 0.6 is 0 Å². The number of hydrogen-bond donors (Lipinski definition) is 0. The second-order valence-electron chi connectivity index (χ2n) is 12.3. The third kappa shape index (κ3) is 4.85. The van der Waals surface area contributed by atoms with Crippen LogP contribution in [0.3, 0.4) is 0 Å². The van der Waals surface area contributed by atoms with Crippen molar-refractivity contribution in [1.29, 1.82) is 0 Å². The SMILES string of the molecule is CCCCCCCc1ccc2oc3cccc4c3c(c2c1)c1cccc2oc3ccc(CCCCCCC)cc3c4c21. The van der Waals surface area contributed by atoms with Crippen LogP contribution in [-0.2, 0) is 12.8 Å². The predicted octanol–water partition coefficient (Wildman–Crippen LogP) is 12.8. The molecule has 0 unspecified atom stereocenters. The van der Waals surface area contributed by atoms with Gasteiger partial charge in [-0.1, -0.05) is 102 Å². The highest BCUT2D eigenvalue weighted by atomic mass is 16.3. The van der Waals surface area contributed by atoms with Gasteiger partial charge in [0.25, 0.3) is 0 Å². The molecule has 0 aliphatic rings. The van der Waals surface area contributed by atoms with Gasteiger partial charge in [-0.2, -0.15) is 0 Å². The summed E-state index contributed by atoms with van der Waals surface area (Å²) in [7, 11) is 0. The van der Waals surface area contributed by atoms with Crippen molar-refractivity contribution >= 4 is 65.4 Å². The van der Waals surface area contributed by atoms with E-state index in [9.17, 15) is 0 Å². The fourth-order valence-electron chi connectivity index (χ4n) is 7.13. The van der Waals surface area contributed by atoms with E-state index in [1.54, 1.807) is 0 Å². The molecule has 0 radical (unpaired) electrons. The van der Waals surface area contributed by atoms with Crippen molar-refractivity contribution in [3.8, 4) is 0 Å². The number of hydrogen-bond acceptors (Lipinski definition) is 2. The van der Waals surface area contributed by atoms with Gasteiger partial charge in [0.2, 0.25) is 0 Å². The maximum Gasteiger partial charge on any atom is 0.135 e. The topological polar surface area (TPSA) is 26.3 Å². The summed E-state index contributed by atoms with van der Waals surface area (Å²) in [5.41, 5.74) is 6.59. The maximum absolute atomic E-state index is 6.62. The first kappa shape index (κ1) is 27.1. The summed E-state index contributed by atoms with van der Waals surface area (Å²) in [4.78, 5) is 0. The molecule has 0 aliphatic heterocycles. The molecule has 0 fully saturated rings. The molecule has 7 aromatic rings. The first-order chi connectivity index (χ1) is 20.8. The van der Waals surface area contributed by atoms with Crippen molar-refractivity contribution < 1.29 is 8.83 Å². The van der Waals surface area contributed by atoms with Gasteiger partial charge in [0, 0.05) is 32.3 Å². The zero-order chi connectivity index (χ0) is 28.5. The molecule has 0 N–H and O–H groups in total. The molecular weight excluding hydrogens is 512 g/mol. The van der Waals surface area contributed by atoms with Gasteiger partial charge in [0.15, 0.2) is 0 Å². The van der Waals surface area contributed by atoms with Crippen LogP contribution in [-0.4, -0.2) is 0 Å². The Bertz CT molecular complexity index is 1870. The lowest BCUT2D eigenvalue weighted by atomic mass is 9.89. The van der Waals surface area contributed by atoms with Gasteiger partial charge >= 0.3 is 0 Å². The standard InChI is InChI=1S/C40H42O2/c1-3-5-7-9-11-15-27-21-23-33-31(25-27)37-29-17-13-20-36-40(29)38(30-18-14-19-35(41-33)39(30)37)32-26-28(22-24-34(32)42-36)16-12-10-8-6-4-2/h13-14,17-26H,3-12,15-16H2,1-2H3. The summed E-state index contributed by atoms with van der Waals surface area (Å²) < 4.78 is 13.2. The second-order valence-corrected chi connectivity index (χ2v) is 12.3. The highest BCUT2D eigenvalue weighted by molar-refractivity contribution is 6.39. The third-order valence-electron chi connectivity index (χ3n) is 9.30. The minimum absolute atomic E-state index is 0.950. The van der Waals surface area contributed by atoms with Crippen LogP contribution in [0.4, 0.5) is 0 Å². The highest BCUT2D eigenvalue weighted by Gasteiger charge is 2.20. The molecule has 2 nitrogen and oxygen atoms in total. The fourth-order valence-corrected chi connectivity index (χ4v) is 7.13. The largest absolute Gasteiger partial charge is 0.456 e. The Morgan fingerprint density at radius 3 is 1.31 bits per heavy atom. The molecule has 2 heterocycles. The van der Waals surface area contributed by atoms with E-state index >= 15 is 0 Å². The normalized spacial score (nSPS) is 12.2. The van der Waals surface area contributed by atoms with Gasteiger partial charge in [-0.3, -0.25) is 0 Å². The number of unbranched alkanes of at least 4 members (excludes halogenated alkanes) is 8. The van der Waals surface area contributed by atoms with Gasteiger partial charge in [0.1, 0.15) is 22.3 Å². The zero-order valence-electron chi connectivity index (χ0n) is 25.2. The van der Waals surface area contributed by atoms with Crippen molar-refractivity contribution in [2.75, 3.05) is 0 Å². The van der Waals surface area contributed by atoms with E-state index in [1.807, 2.05) is 0 Å². The number of aryl methyl sites for hydroxylation is 2. The van der Waals surface area contributed by atoms with E-state index in [-0.39, 0.29) is 0 Å². The second kappa shape index (κ2) is 11.8. The summed E-state index contributed by atoms with van der Waals surface area (Å²) in [5, 5.41) is 9.94. The molecule has 0 atom stereocenters. The van der Waals surface area contributed by atoms with Crippen LogP contribution < -0.4 is 0 Å². The molecule has 0 saturated heterocycles. The summed E-state index contributed by atoms with van der Waals surface area (Å²) in [6, 6.07) is 26.8. The quantitative estimate of drug-likeness (QED) is 0.0853. The van der Waals surface area contributed by atoms with Crippen LogP contribution in [0, 0.1) is 0 Å². The van der Waals surface area contributed by atoms with Gasteiger partial charge in [-0.25, -0.2) is 0 Å². The van der Waals surface area contributed by atoms with Crippen LogP contribution in [0.5, 0.6) is 0 Å². The number of benzene rings is 5. The van der Waals surface area contributed by atoms with E-state index in [2.05, 4.69) is 86.6 Å². The fraction of sp³-hybridized carbons (Fsp3) is 0.350. The monoisotopic (exact) mass is 554 g/mol. The van der Waals surface area contributed by atoms with Crippen molar-refractivity contribution in [3.05, 3.63) is 83.9 Å². The predicted molar refractivity (Wildman–Crippen MR) is 181 cm³/mol. The first-order valence-corrected chi connectivity index (χ1v) is 16.4. The maximum atomic E-state index is 6.62. The minimum Gasteiger partial charge on any atom is -0.456 e. The summed E-state index contributed by atoms with van der Waals surface area (Å²) in [5.74, 6) is 0. The molecule has 0 aliphatic carbocycles. The molecule has 0 amide bonds. The molecule has 0 saturated carbocycles. The van der Waals surface area contributed by atoms with E-state index in [4.69, 9.17) is 8.83 Å². The van der Waals surface area contributed by atoms with E-state index < -0.39 is 0 Å². The van der Waals surface area contributed by atoms with Crippen molar-refractivity contribution in [1.82, 2.24) is 0 Å². The summed E-state index contributed by atoms with van der Waals surface area (Å²) >= 11 is 0. The first-order valence-electron chi connectivity index (χ1n) is 16.4. The Morgan fingerprint density at radius 2 is 0.857 bits per heavy atom. The molecule has 2 heteroatoms. The Labute approximate surface area is 248 Å². The lowest BCUT2D eigenvalue weighted by Gasteiger charge is -2.17. The Hall–Kier alpha value is -3.78. The van der Waals surface area contributed by atoms with Crippen molar-refractivity contribution in [3.63, 3.8) is 0 Å². The van der Waals surface area contributed by atoms with Gasteiger partial charge in [-0.05, 0) is 84.0 Å². The van der Waals surface area contributed by atoms with Gasteiger partial charge in [-0.15, -0.1) is 0 Å². The van der Waals surface area contributed by atoms with Crippen LogP contribution in [0.2, 0.25) is 0 Å². The van der Waals surface area contributed by atoms with Crippen LogP contribution in [0.1, 0.15) is 89.2 Å². The molecule has 5 aromatic carbocycles. The van der Waals surface area contributed by atoms with E-state index in [0.717, 1.165) is 35.2 Å². The summed E-state index contributed by atoms with van der Waals surface area (Å²) in [6.45, 7) is 4.56. The lowest BCUT2D eigenvalue weighted by Crippen LogP contribution is -1.92. The molecule has 2 aromatic heterocycles. The van der Waals surface area contributed by atoms with Crippen molar-refractivity contribution in [2.45, 2.75) is 90.9 Å². The zero-order valence-corrected chi connectivity index (χ0v) is 25.2. The molecule has 0 spiro atoms. The lowest BCUT2D eigenvalue weighted by molar-refractivity contribution is 0.632. The highest BCUT2D eigenvalue weighted by Crippen LogP contribution is 2.46. The van der Waals surface area contributed by atoms with Gasteiger partial charge in [0.05, 0.1) is 0 Å². The molecule has 214 valence electrons. The molecular formula is C40H42O2. The van der Waals surface area contributed by atoms with Crippen molar-refractivity contribution in [2.24, 2.45) is 0 Å². The Morgan fingerprint density at radius 1 is 0.405 bits per heavy atom. The Kier molecular flexibility index (Phi) is 7.63. The molecule has 0 bridgehead atoms. The van der Waals surface area contributed by atoms with Gasteiger partial charge < -0.3 is 8.83 Å². The van der Waals surface area contributed by atoms with Crippen LogP contribution in [0.25, 0.3) is 65.4 Å². The third-order valence-corrected chi connectivity index (χ3v) is 9.30. The smallest absolute Gasteiger partial charge is 0.135 e. The number of rotatable bonds is 12. The van der Waals surface area contributed by atoms with E-state index in [0.29, 0.717) is 0 Å². The average molecular weight is 555 g/mol.